The Hall–Kier alpha value is -0.530. The van der Waals surface area contributed by atoms with Crippen molar-refractivity contribution in [2.45, 2.75) is 84.5 Å². The molecule has 0 aliphatic rings. The molecule has 0 saturated carbocycles. The molecule has 0 fully saturated rings. The molecule has 0 saturated heterocycles. The number of carboxylic acids is 1. The molecule has 0 aliphatic carbocycles. The monoisotopic (exact) mass is 242 g/mol. The van der Waals surface area contributed by atoms with Gasteiger partial charge < -0.3 is 5.11 Å². The molecule has 1 unspecified atom stereocenters. The third-order valence-corrected chi connectivity index (χ3v) is 3.43. The van der Waals surface area contributed by atoms with Crippen LogP contribution >= 0.6 is 0 Å². The molecule has 1 atom stereocenters. The standard InChI is InChI=1S/C15H30O2/c1-3-5-6-7-8-9-11-14(10-4-2)12-13-15(16)17/h14H,3-13H2,1-2H3,(H,16,17). The lowest BCUT2D eigenvalue weighted by Crippen LogP contribution is -2.04. The number of unbranched alkanes of at least 4 members (excludes halogenated alkanes) is 5. The van der Waals surface area contributed by atoms with Gasteiger partial charge in [0.25, 0.3) is 0 Å². The van der Waals surface area contributed by atoms with Crippen LogP contribution in [0.25, 0.3) is 0 Å². The smallest absolute Gasteiger partial charge is 0.303 e. The summed E-state index contributed by atoms with van der Waals surface area (Å²) in [5.74, 6) is -0.00340. The molecule has 2 heteroatoms. The first kappa shape index (κ1) is 16.5. The van der Waals surface area contributed by atoms with E-state index >= 15 is 0 Å². The van der Waals surface area contributed by atoms with Gasteiger partial charge in [0.1, 0.15) is 0 Å². The summed E-state index contributed by atoms with van der Waals surface area (Å²) in [6.45, 7) is 4.43. The Bertz CT molecular complexity index is 178. The quantitative estimate of drug-likeness (QED) is 0.488. The van der Waals surface area contributed by atoms with Gasteiger partial charge in [0.05, 0.1) is 0 Å². The number of hydrogen-bond acceptors (Lipinski definition) is 1. The summed E-state index contributed by atoms with van der Waals surface area (Å²) in [6.07, 6.45) is 12.8. The second-order valence-electron chi connectivity index (χ2n) is 5.14. The lowest BCUT2D eigenvalue weighted by Gasteiger charge is -2.14. The molecule has 0 aromatic carbocycles. The largest absolute Gasteiger partial charge is 0.481 e. The Morgan fingerprint density at radius 3 is 2.12 bits per heavy atom. The van der Waals surface area contributed by atoms with Gasteiger partial charge in [0.2, 0.25) is 0 Å². The third kappa shape index (κ3) is 11.7. The van der Waals surface area contributed by atoms with Crippen molar-refractivity contribution < 1.29 is 9.90 Å². The molecule has 17 heavy (non-hydrogen) atoms. The van der Waals surface area contributed by atoms with Gasteiger partial charge in [-0.05, 0) is 12.3 Å². The fourth-order valence-corrected chi connectivity index (χ4v) is 2.38. The first-order chi connectivity index (χ1) is 8.20. The van der Waals surface area contributed by atoms with E-state index in [2.05, 4.69) is 13.8 Å². The average Bonchev–Trinajstić information content (AvgIpc) is 2.30. The molecule has 0 bridgehead atoms. The lowest BCUT2D eigenvalue weighted by atomic mass is 9.92. The number of carboxylic acid groups (broad SMARTS) is 1. The highest BCUT2D eigenvalue weighted by Gasteiger charge is 2.09. The summed E-state index contributed by atoms with van der Waals surface area (Å²) in [4.78, 5) is 10.6. The van der Waals surface area contributed by atoms with Crippen molar-refractivity contribution in [2.75, 3.05) is 0 Å². The highest BCUT2D eigenvalue weighted by Crippen LogP contribution is 2.21. The van der Waals surface area contributed by atoms with Crippen molar-refractivity contribution in [1.82, 2.24) is 0 Å². The molecule has 102 valence electrons. The summed E-state index contributed by atoms with van der Waals surface area (Å²) in [5, 5.41) is 8.70. The number of hydrogen-bond donors (Lipinski definition) is 1. The average molecular weight is 242 g/mol. The van der Waals surface area contributed by atoms with Gasteiger partial charge in [0.15, 0.2) is 0 Å². The highest BCUT2D eigenvalue weighted by molar-refractivity contribution is 5.66. The van der Waals surface area contributed by atoms with Gasteiger partial charge in [-0.2, -0.15) is 0 Å². The summed E-state index contributed by atoms with van der Waals surface area (Å²) in [6, 6.07) is 0. The molecular formula is C15H30O2. The van der Waals surface area contributed by atoms with Gasteiger partial charge in [-0.25, -0.2) is 0 Å². The minimum atomic E-state index is -0.644. The summed E-state index contributed by atoms with van der Waals surface area (Å²) in [5.41, 5.74) is 0. The van der Waals surface area contributed by atoms with E-state index in [0.29, 0.717) is 12.3 Å². The van der Waals surface area contributed by atoms with Gasteiger partial charge >= 0.3 is 5.97 Å². The van der Waals surface area contributed by atoms with Crippen LogP contribution < -0.4 is 0 Å². The maximum Gasteiger partial charge on any atom is 0.303 e. The van der Waals surface area contributed by atoms with Crippen LogP contribution in [0.5, 0.6) is 0 Å². The molecule has 0 spiro atoms. The normalized spacial score (nSPS) is 12.6. The van der Waals surface area contributed by atoms with Crippen LogP contribution in [-0.4, -0.2) is 11.1 Å². The van der Waals surface area contributed by atoms with E-state index in [9.17, 15) is 4.79 Å². The van der Waals surface area contributed by atoms with Crippen LogP contribution in [-0.2, 0) is 4.79 Å². The van der Waals surface area contributed by atoms with Crippen molar-refractivity contribution >= 4 is 5.97 Å². The predicted molar refractivity (Wildman–Crippen MR) is 73.3 cm³/mol. The molecule has 1 N–H and O–H groups in total. The van der Waals surface area contributed by atoms with E-state index in [-0.39, 0.29) is 0 Å². The molecule has 0 aromatic heterocycles. The van der Waals surface area contributed by atoms with Crippen LogP contribution in [0.1, 0.15) is 84.5 Å². The zero-order valence-electron chi connectivity index (χ0n) is 11.7. The SMILES string of the molecule is CCCCCCCCC(CCC)CCC(=O)O. The van der Waals surface area contributed by atoms with Gasteiger partial charge in [-0.3, -0.25) is 4.79 Å². The fraction of sp³-hybridized carbons (Fsp3) is 0.933. The minimum Gasteiger partial charge on any atom is -0.481 e. The van der Waals surface area contributed by atoms with E-state index in [1.54, 1.807) is 0 Å². The van der Waals surface area contributed by atoms with Crippen LogP contribution in [0.2, 0.25) is 0 Å². The van der Waals surface area contributed by atoms with Gasteiger partial charge in [-0.15, -0.1) is 0 Å². The molecule has 0 amide bonds. The zero-order chi connectivity index (χ0) is 12.9. The van der Waals surface area contributed by atoms with E-state index in [0.717, 1.165) is 6.42 Å². The second kappa shape index (κ2) is 11.9. The van der Waals surface area contributed by atoms with E-state index < -0.39 is 5.97 Å². The van der Waals surface area contributed by atoms with Crippen molar-refractivity contribution in [1.29, 1.82) is 0 Å². The van der Waals surface area contributed by atoms with Crippen molar-refractivity contribution in [3.63, 3.8) is 0 Å². The number of aliphatic carboxylic acids is 1. The molecular weight excluding hydrogens is 212 g/mol. The van der Waals surface area contributed by atoms with Crippen molar-refractivity contribution in [3.05, 3.63) is 0 Å². The van der Waals surface area contributed by atoms with Crippen molar-refractivity contribution in [3.8, 4) is 0 Å². The maximum absolute atomic E-state index is 10.6. The summed E-state index contributed by atoms with van der Waals surface area (Å²) in [7, 11) is 0. The Kier molecular flexibility index (Phi) is 11.6. The highest BCUT2D eigenvalue weighted by atomic mass is 16.4. The Labute approximate surface area is 107 Å². The predicted octanol–water partition coefficient (Wildman–Crippen LogP) is 5.02. The first-order valence-corrected chi connectivity index (χ1v) is 7.42. The Morgan fingerprint density at radius 2 is 1.53 bits per heavy atom. The molecule has 0 radical (unpaired) electrons. The third-order valence-electron chi connectivity index (χ3n) is 3.43. The maximum atomic E-state index is 10.6. The lowest BCUT2D eigenvalue weighted by molar-refractivity contribution is -0.137. The van der Waals surface area contributed by atoms with Crippen LogP contribution in [0.4, 0.5) is 0 Å². The van der Waals surface area contributed by atoms with Crippen LogP contribution in [0.15, 0.2) is 0 Å². The Morgan fingerprint density at radius 1 is 0.882 bits per heavy atom. The molecule has 0 aromatic rings. The zero-order valence-corrected chi connectivity index (χ0v) is 11.7. The molecule has 0 rings (SSSR count). The number of carbonyl (C=O) groups is 1. The second-order valence-corrected chi connectivity index (χ2v) is 5.14. The van der Waals surface area contributed by atoms with E-state index in [1.807, 2.05) is 0 Å². The first-order valence-electron chi connectivity index (χ1n) is 7.42. The van der Waals surface area contributed by atoms with Crippen LogP contribution in [0.3, 0.4) is 0 Å². The van der Waals surface area contributed by atoms with Gasteiger partial charge in [-0.1, -0.05) is 71.6 Å². The topological polar surface area (TPSA) is 37.3 Å². The minimum absolute atomic E-state index is 0.348. The van der Waals surface area contributed by atoms with E-state index in [4.69, 9.17) is 5.11 Å². The number of rotatable bonds is 12. The van der Waals surface area contributed by atoms with Gasteiger partial charge in [0, 0.05) is 6.42 Å². The van der Waals surface area contributed by atoms with E-state index in [1.165, 1.54) is 57.8 Å². The molecule has 0 heterocycles. The molecule has 2 nitrogen and oxygen atoms in total. The Balaban J connectivity index is 3.51. The van der Waals surface area contributed by atoms with Crippen LogP contribution in [0, 0.1) is 5.92 Å². The fourth-order valence-electron chi connectivity index (χ4n) is 2.38. The summed E-state index contributed by atoms with van der Waals surface area (Å²) >= 11 is 0. The van der Waals surface area contributed by atoms with Crippen molar-refractivity contribution in [2.24, 2.45) is 5.92 Å². The molecule has 0 aliphatic heterocycles. The summed E-state index contributed by atoms with van der Waals surface area (Å²) < 4.78 is 0.